The topological polar surface area (TPSA) is 38.3 Å². The van der Waals surface area contributed by atoms with Crippen molar-refractivity contribution in [2.75, 3.05) is 25.4 Å². The number of fused-ring (bicyclic) bond motifs is 1. The molecule has 1 heterocycles. The number of rotatable bonds is 6. The van der Waals surface area contributed by atoms with E-state index in [0.717, 1.165) is 38.1 Å². The fourth-order valence-corrected chi connectivity index (χ4v) is 4.31. The van der Waals surface area contributed by atoms with Gasteiger partial charge in [0.1, 0.15) is 0 Å². The fourth-order valence-electron chi connectivity index (χ4n) is 2.49. The highest BCUT2D eigenvalue weighted by atomic mass is 79.9. The molecule has 0 bridgehead atoms. The smallest absolute Gasteiger partial charge is 0.305 e. The number of hydrogen-bond acceptors (Lipinski definition) is 4. The van der Waals surface area contributed by atoms with Crippen LogP contribution in [0.5, 0.6) is 0 Å². The Balaban J connectivity index is 0.00000242. The van der Waals surface area contributed by atoms with Crippen LogP contribution < -0.4 is 5.32 Å². The summed E-state index contributed by atoms with van der Waals surface area (Å²) in [6.07, 6.45) is 3.54. The number of carbonyl (C=O) groups excluding carboxylic acids is 1. The van der Waals surface area contributed by atoms with Crippen molar-refractivity contribution in [3.63, 3.8) is 0 Å². The molecule has 0 saturated carbocycles. The number of thioether (sulfide) groups is 1. The Labute approximate surface area is 151 Å². The summed E-state index contributed by atoms with van der Waals surface area (Å²) in [6.45, 7) is 4.41. The van der Waals surface area contributed by atoms with Crippen molar-refractivity contribution in [1.29, 1.82) is 0 Å². The first kappa shape index (κ1) is 19.8. The van der Waals surface area contributed by atoms with Gasteiger partial charge in [0.05, 0.1) is 6.61 Å². The summed E-state index contributed by atoms with van der Waals surface area (Å²) in [4.78, 5) is 12.7. The van der Waals surface area contributed by atoms with Crippen LogP contribution in [-0.2, 0) is 22.4 Å². The van der Waals surface area contributed by atoms with E-state index in [0.29, 0.717) is 13.0 Å². The molecule has 0 unspecified atom stereocenters. The van der Waals surface area contributed by atoms with Gasteiger partial charge < -0.3 is 10.1 Å². The molecule has 0 atom stereocenters. The predicted octanol–water partition coefficient (Wildman–Crippen LogP) is 3.99. The van der Waals surface area contributed by atoms with Gasteiger partial charge in [-0.05, 0) is 78.2 Å². The maximum Gasteiger partial charge on any atom is 0.305 e. The number of hydrogen-bond donors (Lipinski definition) is 1. The lowest BCUT2D eigenvalue weighted by molar-refractivity contribution is -0.143. The first-order valence-electron chi connectivity index (χ1n) is 7.51. The lowest BCUT2D eigenvalue weighted by Crippen LogP contribution is -2.16. The summed E-state index contributed by atoms with van der Waals surface area (Å²) in [7, 11) is 0. The Kier molecular flexibility index (Phi) is 9.48. The highest BCUT2D eigenvalue weighted by molar-refractivity contribution is 9.10. The van der Waals surface area contributed by atoms with E-state index in [4.69, 9.17) is 4.74 Å². The SMILES string of the molecule is CCOC(=O)CCCSc1c(Br)ccc2c1CCNCC2.Cl. The molecule has 0 spiro atoms. The molecule has 6 heteroatoms. The summed E-state index contributed by atoms with van der Waals surface area (Å²) in [5.41, 5.74) is 2.92. The van der Waals surface area contributed by atoms with Crippen LogP contribution in [0.3, 0.4) is 0 Å². The Morgan fingerprint density at radius 2 is 2.14 bits per heavy atom. The summed E-state index contributed by atoms with van der Waals surface area (Å²) in [5.74, 6) is 0.856. The second-order valence-electron chi connectivity index (χ2n) is 5.02. The Hall–Kier alpha value is -0.230. The van der Waals surface area contributed by atoms with Crippen molar-refractivity contribution in [2.45, 2.75) is 37.5 Å². The summed E-state index contributed by atoms with van der Waals surface area (Å²) >= 11 is 5.52. The van der Waals surface area contributed by atoms with Crippen LogP contribution in [0.15, 0.2) is 21.5 Å². The highest BCUT2D eigenvalue weighted by Crippen LogP contribution is 2.34. The van der Waals surface area contributed by atoms with Crippen LogP contribution in [0.1, 0.15) is 30.9 Å². The zero-order valence-corrected chi connectivity index (χ0v) is 16.0. The van der Waals surface area contributed by atoms with E-state index in [9.17, 15) is 4.79 Å². The van der Waals surface area contributed by atoms with E-state index < -0.39 is 0 Å². The minimum Gasteiger partial charge on any atom is -0.466 e. The predicted molar refractivity (Wildman–Crippen MR) is 98.3 cm³/mol. The first-order valence-corrected chi connectivity index (χ1v) is 9.29. The molecule has 0 aliphatic carbocycles. The lowest BCUT2D eigenvalue weighted by Gasteiger charge is -2.14. The molecule has 0 amide bonds. The minimum atomic E-state index is -0.0896. The molecule has 2 rings (SSSR count). The molecule has 22 heavy (non-hydrogen) atoms. The van der Waals surface area contributed by atoms with Gasteiger partial charge in [-0.25, -0.2) is 0 Å². The number of nitrogens with one attached hydrogen (secondary N) is 1. The third-order valence-corrected chi connectivity index (χ3v) is 5.68. The van der Waals surface area contributed by atoms with E-state index in [1.165, 1.54) is 20.5 Å². The highest BCUT2D eigenvalue weighted by Gasteiger charge is 2.15. The molecule has 0 aromatic heterocycles. The maximum absolute atomic E-state index is 11.4. The largest absolute Gasteiger partial charge is 0.466 e. The zero-order valence-electron chi connectivity index (χ0n) is 12.8. The van der Waals surface area contributed by atoms with E-state index in [-0.39, 0.29) is 18.4 Å². The molecule has 3 nitrogen and oxygen atoms in total. The Morgan fingerprint density at radius 1 is 1.36 bits per heavy atom. The monoisotopic (exact) mass is 407 g/mol. The van der Waals surface area contributed by atoms with E-state index in [1.54, 1.807) is 0 Å². The minimum absolute atomic E-state index is 0. The van der Waals surface area contributed by atoms with Crippen LogP contribution in [0.4, 0.5) is 0 Å². The molecule has 1 aromatic carbocycles. The average Bonchev–Trinajstić information content (AvgIpc) is 2.71. The van der Waals surface area contributed by atoms with Gasteiger partial charge in [0.25, 0.3) is 0 Å². The van der Waals surface area contributed by atoms with Gasteiger partial charge in [-0.1, -0.05) is 6.07 Å². The zero-order chi connectivity index (χ0) is 15.1. The summed E-state index contributed by atoms with van der Waals surface area (Å²) in [6, 6.07) is 4.38. The Bertz CT molecular complexity index is 499. The molecule has 0 fully saturated rings. The fraction of sp³-hybridized carbons (Fsp3) is 0.562. The van der Waals surface area contributed by atoms with Gasteiger partial charge in [-0.15, -0.1) is 24.2 Å². The van der Waals surface area contributed by atoms with Gasteiger partial charge in [0.15, 0.2) is 0 Å². The van der Waals surface area contributed by atoms with Crippen LogP contribution >= 0.6 is 40.1 Å². The van der Waals surface area contributed by atoms with Gasteiger partial charge >= 0.3 is 5.97 Å². The number of halogens is 2. The van der Waals surface area contributed by atoms with Gasteiger partial charge in [-0.3, -0.25) is 4.79 Å². The first-order chi connectivity index (χ1) is 10.2. The van der Waals surface area contributed by atoms with Gasteiger partial charge in [0, 0.05) is 15.8 Å². The van der Waals surface area contributed by atoms with Crippen molar-refractivity contribution >= 4 is 46.1 Å². The second kappa shape index (κ2) is 10.5. The standard InChI is InChI=1S/C16H22BrNO2S.ClH/c1-2-20-15(19)4-3-11-21-16-13-8-10-18-9-7-12(13)5-6-14(16)17;/h5-6,18H,2-4,7-11H2,1H3;1H. The van der Waals surface area contributed by atoms with Gasteiger partial charge in [0.2, 0.25) is 0 Å². The molecular weight excluding hydrogens is 386 g/mol. The average molecular weight is 409 g/mol. The number of ether oxygens (including phenoxy) is 1. The third-order valence-electron chi connectivity index (χ3n) is 3.51. The number of benzene rings is 1. The normalized spacial score (nSPS) is 13.7. The van der Waals surface area contributed by atoms with Crippen LogP contribution in [0.25, 0.3) is 0 Å². The molecular formula is C16H23BrClNO2S. The molecule has 1 aliphatic heterocycles. The van der Waals surface area contributed by atoms with Crippen molar-refractivity contribution < 1.29 is 9.53 Å². The molecule has 1 N–H and O–H groups in total. The maximum atomic E-state index is 11.4. The summed E-state index contributed by atoms with van der Waals surface area (Å²) < 4.78 is 6.13. The quantitative estimate of drug-likeness (QED) is 0.439. The Morgan fingerprint density at radius 3 is 2.91 bits per heavy atom. The van der Waals surface area contributed by atoms with Crippen molar-refractivity contribution in [3.8, 4) is 0 Å². The van der Waals surface area contributed by atoms with Crippen LogP contribution in [-0.4, -0.2) is 31.4 Å². The molecule has 0 saturated heterocycles. The van der Waals surface area contributed by atoms with Crippen LogP contribution in [0.2, 0.25) is 0 Å². The summed E-state index contributed by atoms with van der Waals surface area (Å²) in [5, 5.41) is 3.45. The molecule has 1 aliphatic rings. The number of carbonyl (C=O) groups is 1. The second-order valence-corrected chi connectivity index (χ2v) is 6.98. The molecule has 124 valence electrons. The van der Waals surface area contributed by atoms with Crippen molar-refractivity contribution in [3.05, 3.63) is 27.7 Å². The van der Waals surface area contributed by atoms with Crippen molar-refractivity contribution in [2.24, 2.45) is 0 Å². The van der Waals surface area contributed by atoms with Gasteiger partial charge in [-0.2, -0.15) is 0 Å². The van der Waals surface area contributed by atoms with Crippen LogP contribution in [0, 0.1) is 0 Å². The van der Waals surface area contributed by atoms with E-state index in [2.05, 4.69) is 33.4 Å². The molecule has 0 radical (unpaired) electrons. The van der Waals surface area contributed by atoms with E-state index in [1.807, 2.05) is 18.7 Å². The van der Waals surface area contributed by atoms with E-state index >= 15 is 0 Å². The number of esters is 1. The molecule has 1 aromatic rings. The third kappa shape index (κ3) is 5.76. The lowest BCUT2D eigenvalue weighted by atomic mass is 10.0. The van der Waals surface area contributed by atoms with Crippen molar-refractivity contribution in [1.82, 2.24) is 5.32 Å².